The van der Waals surface area contributed by atoms with Crippen LogP contribution in [0.25, 0.3) is 6.08 Å². The second-order valence-electron chi connectivity index (χ2n) is 6.54. The molecule has 5 nitrogen and oxygen atoms in total. The van der Waals surface area contributed by atoms with Crippen molar-refractivity contribution in [1.82, 2.24) is 0 Å². The molecule has 0 saturated carbocycles. The van der Waals surface area contributed by atoms with E-state index in [-0.39, 0.29) is 18.0 Å². The van der Waals surface area contributed by atoms with E-state index in [4.69, 9.17) is 9.47 Å². The molecule has 8 heteroatoms. The monoisotopic (exact) mass is 558 g/mol. The van der Waals surface area contributed by atoms with E-state index in [9.17, 15) is 14.4 Å². The molecular weight excluding hydrogens is 543 g/mol. The fraction of sp³-hybridized carbons (Fsp3) is 0.0833. The summed E-state index contributed by atoms with van der Waals surface area (Å²) in [4.78, 5) is 12.5. The van der Waals surface area contributed by atoms with E-state index in [1.165, 1.54) is 19.3 Å². The molecule has 0 bridgehead atoms. The highest BCUT2D eigenvalue weighted by atomic mass is 79.9. The number of nitrogens with zero attached hydrogens (tertiary/aromatic N) is 1. The molecule has 0 aliphatic heterocycles. The van der Waals surface area contributed by atoms with Gasteiger partial charge in [0.15, 0.2) is 11.5 Å². The van der Waals surface area contributed by atoms with Crippen molar-refractivity contribution < 1.29 is 18.7 Å². The molecule has 0 heterocycles. The van der Waals surface area contributed by atoms with Crippen LogP contribution in [0.15, 0.2) is 75.2 Å². The molecular formula is C24H17Br2FN2O3. The highest BCUT2D eigenvalue weighted by Gasteiger charge is 2.14. The number of nitriles is 1. The average molecular weight is 560 g/mol. The zero-order valence-corrected chi connectivity index (χ0v) is 20.0. The van der Waals surface area contributed by atoms with Gasteiger partial charge in [-0.3, -0.25) is 4.79 Å². The third-order valence-electron chi connectivity index (χ3n) is 4.39. The van der Waals surface area contributed by atoms with Crippen LogP contribution in [0.4, 0.5) is 10.1 Å². The first kappa shape index (κ1) is 23.5. The number of benzene rings is 3. The van der Waals surface area contributed by atoms with E-state index in [1.807, 2.05) is 6.07 Å². The first-order valence-electron chi connectivity index (χ1n) is 9.33. The number of halogens is 3. The number of hydrogen-bond donors (Lipinski definition) is 1. The van der Waals surface area contributed by atoms with E-state index >= 15 is 0 Å². The quantitative estimate of drug-likeness (QED) is 0.265. The molecule has 0 fully saturated rings. The van der Waals surface area contributed by atoms with Crippen molar-refractivity contribution in [1.29, 1.82) is 5.26 Å². The molecule has 0 radical (unpaired) electrons. The van der Waals surface area contributed by atoms with Gasteiger partial charge >= 0.3 is 0 Å². The van der Waals surface area contributed by atoms with E-state index in [0.29, 0.717) is 32.8 Å². The normalized spacial score (nSPS) is 10.9. The second kappa shape index (κ2) is 10.9. The lowest BCUT2D eigenvalue weighted by atomic mass is 10.1. The van der Waals surface area contributed by atoms with Crippen molar-refractivity contribution in [3.05, 3.63) is 92.1 Å². The fourth-order valence-corrected chi connectivity index (χ4v) is 3.44. The van der Waals surface area contributed by atoms with E-state index in [2.05, 4.69) is 37.2 Å². The van der Waals surface area contributed by atoms with Crippen LogP contribution in [0.5, 0.6) is 11.5 Å². The lowest BCUT2D eigenvalue weighted by Crippen LogP contribution is -2.13. The predicted molar refractivity (Wildman–Crippen MR) is 128 cm³/mol. The topological polar surface area (TPSA) is 71.3 Å². The number of rotatable bonds is 7. The summed E-state index contributed by atoms with van der Waals surface area (Å²) in [6, 6.07) is 18.5. The summed E-state index contributed by atoms with van der Waals surface area (Å²) in [5.41, 5.74) is 1.43. The van der Waals surface area contributed by atoms with Crippen LogP contribution in [0, 0.1) is 17.1 Å². The Balaban J connectivity index is 1.82. The smallest absolute Gasteiger partial charge is 0.266 e. The van der Waals surface area contributed by atoms with Gasteiger partial charge in [-0.1, -0.05) is 50.1 Å². The maximum Gasteiger partial charge on any atom is 0.266 e. The summed E-state index contributed by atoms with van der Waals surface area (Å²) in [7, 11) is 1.47. The van der Waals surface area contributed by atoms with Gasteiger partial charge in [-0.05, 0) is 54.1 Å². The molecule has 3 rings (SSSR count). The van der Waals surface area contributed by atoms with Crippen LogP contribution in [0.3, 0.4) is 0 Å². The standard InChI is InChI=1S/C24H17Br2FN2O3/c1-31-22-11-16(10-17(13-28)24(30)29-19-8-6-18(25)7-9-19)20(26)12-23(22)32-14-15-4-2-3-5-21(15)27/h2-12H,14H2,1H3,(H,29,30)/b17-10-. The molecule has 1 amide bonds. The molecule has 0 aliphatic rings. The Labute approximate surface area is 201 Å². The van der Waals surface area contributed by atoms with Gasteiger partial charge in [-0.2, -0.15) is 5.26 Å². The van der Waals surface area contributed by atoms with Crippen molar-refractivity contribution in [2.24, 2.45) is 0 Å². The molecule has 32 heavy (non-hydrogen) atoms. The zero-order valence-electron chi connectivity index (χ0n) is 16.9. The minimum Gasteiger partial charge on any atom is -0.493 e. The average Bonchev–Trinajstić information content (AvgIpc) is 2.79. The highest BCUT2D eigenvalue weighted by molar-refractivity contribution is 9.10. The van der Waals surface area contributed by atoms with Crippen molar-refractivity contribution in [2.75, 3.05) is 12.4 Å². The lowest BCUT2D eigenvalue weighted by molar-refractivity contribution is -0.112. The summed E-state index contributed by atoms with van der Waals surface area (Å²) >= 11 is 6.76. The maximum absolute atomic E-state index is 13.9. The Morgan fingerprint density at radius 1 is 1.12 bits per heavy atom. The number of anilines is 1. The molecule has 3 aromatic rings. The van der Waals surface area contributed by atoms with E-state index in [0.717, 1.165) is 4.47 Å². The van der Waals surface area contributed by atoms with Gasteiger partial charge in [0.25, 0.3) is 5.91 Å². The van der Waals surface area contributed by atoms with Crippen molar-refractivity contribution in [2.45, 2.75) is 6.61 Å². The van der Waals surface area contributed by atoms with Gasteiger partial charge in [-0.15, -0.1) is 0 Å². The minimum atomic E-state index is -0.541. The number of nitrogens with one attached hydrogen (secondary N) is 1. The Morgan fingerprint density at radius 2 is 1.84 bits per heavy atom. The van der Waals surface area contributed by atoms with Gasteiger partial charge in [0.05, 0.1) is 7.11 Å². The molecule has 0 atom stereocenters. The number of amides is 1. The summed E-state index contributed by atoms with van der Waals surface area (Å²) in [6.07, 6.45) is 1.45. The van der Waals surface area contributed by atoms with Crippen molar-refractivity contribution in [3.63, 3.8) is 0 Å². The van der Waals surface area contributed by atoms with Crippen LogP contribution in [-0.4, -0.2) is 13.0 Å². The molecule has 3 aromatic carbocycles. The number of hydrogen-bond acceptors (Lipinski definition) is 4. The maximum atomic E-state index is 13.9. The number of ether oxygens (including phenoxy) is 2. The number of carbonyl (C=O) groups is 1. The summed E-state index contributed by atoms with van der Waals surface area (Å²) in [6.45, 7) is 0.0176. The Kier molecular flexibility index (Phi) is 8.03. The minimum absolute atomic E-state index is 0.0176. The number of carbonyl (C=O) groups excluding carboxylic acids is 1. The highest BCUT2D eigenvalue weighted by Crippen LogP contribution is 2.35. The third kappa shape index (κ3) is 5.96. The largest absolute Gasteiger partial charge is 0.493 e. The Morgan fingerprint density at radius 3 is 2.50 bits per heavy atom. The van der Waals surface area contributed by atoms with Gasteiger partial charge in [0, 0.05) is 20.2 Å². The summed E-state index contributed by atoms with van der Waals surface area (Å²) < 4.78 is 26.4. The van der Waals surface area contributed by atoms with Crippen LogP contribution >= 0.6 is 31.9 Å². The molecule has 1 N–H and O–H groups in total. The van der Waals surface area contributed by atoms with Crippen LogP contribution in [0.1, 0.15) is 11.1 Å². The van der Waals surface area contributed by atoms with Gasteiger partial charge < -0.3 is 14.8 Å². The SMILES string of the molecule is COc1cc(/C=C(/C#N)C(=O)Nc2ccc(Br)cc2)c(Br)cc1OCc1ccccc1F. The molecule has 0 unspecified atom stereocenters. The summed E-state index contributed by atoms with van der Waals surface area (Å²) in [5, 5.41) is 12.2. The van der Waals surface area contributed by atoms with E-state index < -0.39 is 5.91 Å². The van der Waals surface area contributed by atoms with Gasteiger partial charge in [0.2, 0.25) is 0 Å². The molecule has 0 spiro atoms. The second-order valence-corrected chi connectivity index (χ2v) is 8.31. The van der Waals surface area contributed by atoms with Crippen molar-refractivity contribution >= 4 is 49.5 Å². The van der Waals surface area contributed by atoms with Crippen molar-refractivity contribution in [3.8, 4) is 17.6 Å². The Bertz CT molecular complexity index is 1200. The first-order valence-corrected chi connectivity index (χ1v) is 10.9. The Hall–Kier alpha value is -3.15. The van der Waals surface area contributed by atoms with Crippen LogP contribution in [-0.2, 0) is 11.4 Å². The molecule has 162 valence electrons. The van der Waals surface area contributed by atoms with E-state index in [1.54, 1.807) is 54.6 Å². The number of methoxy groups -OCH3 is 1. The van der Waals surface area contributed by atoms with Crippen LogP contribution < -0.4 is 14.8 Å². The predicted octanol–water partition coefficient (Wildman–Crippen LogP) is 6.48. The lowest BCUT2D eigenvalue weighted by Gasteiger charge is -2.13. The summed E-state index contributed by atoms with van der Waals surface area (Å²) in [5.74, 6) is -0.139. The third-order valence-corrected chi connectivity index (χ3v) is 5.61. The van der Waals surface area contributed by atoms with Gasteiger partial charge in [-0.25, -0.2) is 4.39 Å². The zero-order chi connectivity index (χ0) is 23.1. The molecule has 0 aromatic heterocycles. The molecule has 0 aliphatic carbocycles. The van der Waals surface area contributed by atoms with Gasteiger partial charge in [0.1, 0.15) is 24.1 Å². The van der Waals surface area contributed by atoms with Crippen LogP contribution in [0.2, 0.25) is 0 Å². The first-order chi connectivity index (χ1) is 15.4. The molecule has 0 saturated heterocycles. The fourth-order valence-electron chi connectivity index (χ4n) is 2.74.